The Hall–Kier alpha value is -1.57. The van der Waals surface area contributed by atoms with Gasteiger partial charge in [0.1, 0.15) is 11.6 Å². The molecule has 1 aromatic rings. The molecule has 28 heavy (non-hydrogen) atoms. The van der Waals surface area contributed by atoms with Crippen molar-refractivity contribution < 1.29 is 13.6 Å². The molecular formula is C21H32F2N4O. The summed E-state index contributed by atoms with van der Waals surface area (Å²) < 4.78 is 27.8. The molecule has 2 aliphatic heterocycles. The van der Waals surface area contributed by atoms with E-state index in [1.165, 1.54) is 18.2 Å². The molecule has 0 saturated carbocycles. The number of rotatable bonds is 7. The van der Waals surface area contributed by atoms with E-state index in [-0.39, 0.29) is 30.1 Å². The maximum absolute atomic E-state index is 13.9. The minimum Gasteiger partial charge on any atom is -0.358 e. The predicted molar refractivity (Wildman–Crippen MR) is 106 cm³/mol. The first-order chi connectivity index (χ1) is 13.5. The fourth-order valence-corrected chi connectivity index (χ4v) is 4.58. The van der Waals surface area contributed by atoms with Crippen molar-refractivity contribution in [3.63, 3.8) is 0 Å². The first-order valence-electron chi connectivity index (χ1n) is 10.4. The maximum Gasteiger partial charge on any atom is 0.237 e. The van der Waals surface area contributed by atoms with Crippen molar-refractivity contribution in [2.24, 2.45) is 0 Å². The summed E-state index contributed by atoms with van der Waals surface area (Å²) in [6.45, 7) is 6.31. The van der Waals surface area contributed by atoms with Crippen molar-refractivity contribution in [3.05, 3.63) is 35.4 Å². The number of benzene rings is 1. The van der Waals surface area contributed by atoms with Gasteiger partial charge in [-0.25, -0.2) is 8.78 Å². The highest BCUT2D eigenvalue weighted by Gasteiger charge is 2.40. The van der Waals surface area contributed by atoms with Crippen molar-refractivity contribution in [1.29, 1.82) is 0 Å². The Balaban J connectivity index is 1.62. The molecule has 5 nitrogen and oxygen atoms in total. The lowest BCUT2D eigenvalue weighted by atomic mass is 10.0. The average Bonchev–Trinajstić information content (AvgIpc) is 3.12. The number of amides is 1. The molecule has 2 aliphatic rings. The van der Waals surface area contributed by atoms with Crippen LogP contribution in [0.4, 0.5) is 8.78 Å². The first-order valence-corrected chi connectivity index (χ1v) is 10.4. The van der Waals surface area contributed by atoms with Crippen LogP contribution in [0.3, 0.4) is 0 Å². The second kappa shape index (κ2) is 9.76. The molecule has 1 amide bonds. The SMILES string of the molecule is CCCN1CCC(N2C[C@H](NCc3c(F)cccc3F)C[C@H]2C(=O)NC)CC1. The van der Waals surface area contributed by atoms with Crippen LogP contribution in [0, 0.1) is 11.6 Å². The second-order valence-electron chi connectivity index (χ2n) is 7.91. The van der Waals surface area contributed by atoms with Gasteiger partial charge in [-0.15, -0.1) is 0 Å². The molecule has 7 heteroatoms. The zero-order valence-electron chi connectivity index (χ0n) is 16.9. The van der Waals surface area contributed by atoms with E-state index < -0.39 is 11.6 Å². The Labute approximate surface area is 166 Å². The van der Waals surface area contributed by atoms with Crippen LogP contribution in [0.5, 0.6) is 0 Å². The van der Waals surface area contributed by atoms with Gasteiger partial charge in [-0.2, -0.15) is 0 Å². The normalized spacial score (nSPS) is 24.6. The molecule has 156 valence electrons. The third-order valence-electron chi connectivity index (χ3n) is 6.08. The molecule has 2 atom stereocenters. The van der Waals surface area contributed by atoms with Crippen LogP contribution in [0.25, 0.3) is 0 Å². The number of nitrogens with zero attached hydrogens (tertiary/aromatic N) is 2. The van der Waals surface area contributed by atoms with E-state index in [1.54, 1.807) is 7.05 Å². The van der Waals surface area contributed by atoms with Crippen molar-refractivity contribution in [2.75, 3.05) is 33.2 Å². The van der Waals surface area contributed by atoms with Gasteiger partial charge in [-0.3, -0.25) is 9.69 Å². The highest BCUT2D eigenvalue weighted by Crippen LogP contribution is 2.27. The number of piperidine rings is 1. The summed E-state index contributed by atoms with van der Waals surface area (Å²) in [5.41, 5.74) is 0.0605. The van der Waals surface area contributed by atoms with Gasteiger partial charge in [-0.1, -0.05) is 13.0 Å². The summed E-state index contributed by atoms with van der Waals surface area (Å²) in [5.74, 6) is -1.04. The fraction of sp³-hybridized carbons (Fsp3) is 0.667. The number of hydrogen-bond acceptors (Lipinski definition) is 4. The standard InChI is InChI=1S/C21H32F2N4O/c1-3-9-26-10-7-16(8-11-26)27-14-15(12-20(27)21(28)24-2)25-13-17-18(22)5-4-6-19(17)23/h4-6,15-16,20,25H,3,7-14H2,1-2H3,(H,24,28)/t15-,20+/m1/s1. The Bertz CT molecular complexity index is 644. The fourth-order valence-electron chi connectivity index (χ4n) is 4.58. The molecule has 2 fully saturated rings. The monoisotopic (exact) mass is 394 g/mol. The number of likely N-dealkylation sites (N-methyl/N-ethyl adjacent to an activating group) is 1. The largest absolute Gasteiger partial charge is 0.358 e. The van der Waals surface area contributed by atoms with E-state index in [1.807, 2.05) is 0 Å². The molecule has 0 spiro atoms. The number of hydrogen-bond donors (Lipinski definition) is 2. The minimum atomic E-state index is -0.534. The number of halogens is 2. The first kappa shape index (κ1) is 21.1. The van der Waals surface area contributed by atoms with Crippen LogP contribution in [-0.2, 0) is 11.3 Å². The van der Waals surface area contributed by atoms with Crippen LogP contribution in [-0.4, -0.2) is 67.1 Å². The number of carbonyl (C=O) groups excluding carboxylic acids is 1. The van der Waals surface area contributed by atoms with Gasteiger partial charge in [0.05, 0.1) is 6.04 Å². The molecule has 0 aliphatic carbocycles. The van der Waals surface area contributed by atoms with Crippen LogP contribution in [0.1, 0.15) is 38.2 Å². The predicted octanol–water partition coefficient (Wildman–Crippen LogP) is 2.12. The van der Waals surface area contributed by atoms with Crippen LogP contribution < -0.4 is 10.6 Å². The van der Waals surface area contributed by atoms with Gasteiger partial charge >= 0.3 is 0 Å². The van der Waals surface area contributed by atoms with E-state index in [4.69, 9.17) is 0 Å². The van der Waals surface area contributed by atoms with Crippen LogP contribution in [0.2, 0.25) is 0 Å². The third kappa shape index (κ3) is 4.88. The lowest BCUT2D eigenvalue weighted by Crippen LogP contribution is -2.51. The molecule has 2 saturated heterocycles. The summed E-state index contributed by atoms with van der Waals surface area (Å²) in [4.78, 5) is 17.2. The minimum absolute atomic E-state index is 0.0253. The molecule has 0 bridgehead atoms. The van der Waals surface area contributed by atoms with Gasteiger partial charge in [0.2, 0.25) is 5.91 Å². The lowest BCUT2D eigenvalue weighted by molar-refractivity contribution is -0.126. The second-order valence-corrected chi connectivity index (χ2v) is 7.91. The van der Waals surface area contributed by atoms with E-state index in [2.05, 4.69) is 27.4 Å². The summed E-state index contributed by atoms with van der Waals surface area (Å²) in [6, 6.07) is 4.16. The molecule has 0 unspecified atom stereocenters. The van der Waals surface area contributed by atoms with E-state index in [9.17, 15) is 13.6 Å². The lowest BCUT2D eigenvalue weighted by Gasteiger charge is -2.38. The molecule has 0 aromatic heterocycles. The Kier molecular flexibility index (Phi) is 7.37. The van der Waals surface area contributed by atoms with Gasteiger partial charge in [0.15, 0.2) is 0 Å². The maximum atomic E-state index is 13.9. The Morgan fingerprint density at radius 2 is 1.89 bits per heavy atom. The highest BCUT2D eigenvalue weighted by molar-refractivity contribution is 5.82. The molecule has 3 rings (SSSR count). The summed E-state index contributed by atoms with van der Waals surface area (Å²) in [5, 5.41) is 6.05. The number of carbonyl (C=O) groups is 1. The quantitative estimate of drug-likeness (QED) is 0.744. The Morgan fingerprint density at radius 3 is 2.50 bits per heavy atom. The van der Waals surface area contributed by atoms with Crippen molar-refractivity contribution in [2.45, 2.75) is 57.3 Å². The highest BCUT2D eigenvalue weighted by atomic mass is 19.1. The van der Waals surface area contributed by atoms with Crippen LogP contribution in [0.15, 0.2) is 18.2 Å². The summed E-state index contributed by atoms with van der Waals surface area (Å²) in [7, 11) is 1.67. The van der Waals surface area contributed by atoms with Gasteiger partial charge in [0.25, 0.3) is 0 Å². The zero-order chi connectivity index (χ0) is 20.1. The van der Waals surface area contributed by atoms with Crippen molar-refractivity contribution >= 4 is 5.91 Å². The molecule has 2 heterocycles. The topological polar surface area (TPSA) is 47.6 Å². The number of nitrogens with one attached hydrogen (secondary N) is 2. The smallest absolute Gasteiger partial charge is 0.237 e. The van der Waals surface area contributed by atoms with E-state index >= 15 is 0 Å². The van der Waals surface area contributed by atoms with Gasteiger partial charge in [0, 0.05) is 37.8 Å². The number of likely N-dealkylation sites (tertiary alicyclic amines) is 2. The van der Waals surface area contributed by atoms with Gasteiger partial charge in [-0.05, 0) is 57.5 Å². The third-order valence-corrected chi connectivity index (χ3v) is 6.08. The van der Waals surface area contributed by atoms with Crippen molar-refractivity contribution in [3.8, 4) is 0 Å². The summed E-state index contributed by atoms with van der Waals surface area (Å²) in [6.07, 6.45) is 3.93. The van der Waals surface area contributed by atoms with E-state index in [0.29, 0.717) is 12.5 Å². The van der Waals surface area contributed by atoms with Gasteiger partial charge < -0.3 is 15.5 Å². The Morgan fingerprint density at radius 1 is 1.21 bits per heavy atom. The molecule has 0 radical (unpaired) electrons. The molecule has 1 aromatic carbocycles. The molecule has 2 N–H and O–H groups in total. The van der Waals surface area contributed by atoms with Crippen LogP contribution >= 0.6 is 0 Å². The van der Waals surface area contributed by atoms with Crippen molar-refractivity contribution in [1.82, 2.24) is 20.4 Å². The van der Waals surface area contributed by atoms with E-state index in [0.717, 1.165) is 45.4 Å². The average molecular weight is 395 g/mol. The summed E-state index contributed by atoms with van der Waals surface area (Å²) >= 11 is 0. The zero-order valence-corrected chi connectivity index (χ0v) is 16.9. The molecular weight excluding hydrogens is 362 g/mol.